The lowest BCUT2D eigenvalue weighted by Crippen LogP contribution is -2.47. The van der Waals surface area contributed by atoms with Gasteiger partial charge in [0, 0.05) is 12.1 Å². The van der Waals surface area contributed by atoms with Gasteiger partial charge in [0.1, 0.15) is 0 Å². The van der Waals surface area contributed by atoms with Gasteiger partial charge in [-0.3, -0.25) is 0 Å². The van der Waals surface area contributed by atoms with Crippen molar-refractivity contribution in [3.05, 3.63) is 0 Å². The maximum absolute atomic E-state index is 3.34. The molecule has 3 heteroatoms. The third-order valence-corrected chi connectivity index (χ3v) is 2.51. The van der Waals surface area contributed by atoms with Gasteiger partial charge in [-0.2, -0.15) is 0 Å². The Balaban J connectivity index is 0.000001000. The van der Waals surface area contributed by atoms with Gasteiger partial charge in [-0.15, -0.1) is 12.4 Å². The molecule has 0 aromatic heterocycles. The summed E-state index contributed by atoms with van der Waals surface area (Å²) in [7, 11) is 4.11. The fourth-order valence-corrected chi connectivity index (χ4v) is 1.82. The lowest BCUT2D eigenvalue weighted by molar-refractivity contribution is 0.309. The van der Waals surface area contributed by atoms with Gasteiger partial charge in [-0.05, 0) is 26.9 Å². The molecule has 0 bridgehead atoms. The SMILES string of the molecule is CN[C@@H]1CCCC[C@H]1NC.Cl. The summed E-state index contributed by atoms with van der Waals surface area (Å²) in [6.07, 6.45) is 5.46. The van der Waals surface area contributed by atoms with Crippen molar-refractivity contribution in [1.29, 1.82) is 0 Å². The monoisotopic (exact) mass is 178 g/mol. The van der Waals surface area contributed by atoms with Crippen LogP contribution in [-0.2, 0) is 0 Å². The zero-order chi connectivity index (χ0) is 7.40. The highest BCUT2D eigenvalue weighted by molar-refractivity contribution is 5.85. The molecule has 1 saturated carbocycles. The van der Waals surface area contributed by atoms with Crippen LogP contribution in [0.3, 0.4) is 0 Å². The minimum Gasteiger partial charge on any atom is -0.315 e. The average molecular weight is 179 g/mol. The van der Waals surface area contributed by atoms with E-state index in [0.717, 1.165) is 0 Å². The molecule has 2 nitrogen and oxygen atoms in total. The highest BCUT2D eigenvalue weighted by atomic mass is 35.5. The molecule has 68 valence electrons. The highest BCUT2D eigenvalue weighted by Crippen LogP contribution is 2.17. The summed E-state index contributed by atoms with van der Waals surface area (Å²) in [5.41, 5.74) is 0. The van der Waals surface area contributed by atoms with Crippen LogP contribution in [0.4, 0.5) is 0 Å². The Bertz CT molecular complexity index is 86.1. The summed E-state index contributed by atoms with van der Waals surface area (Å²) in [6.45, 7) is 0. The fourth-order valence-electron chi connectivity index (χ4n) is 1.82. The third kappa shape index (κ3) is 2.97. The van der Waals surface area contributed by atoms with Crippen LogP contribution < -0.4 is 10.6 Å². The van der Waals surface area contributed by atoms with E-state index in [2.05, 4.69) is 24.7 Å². The summed E-state index contributed by atoms with van der Waals surface area (Å²) >= 11 is 0. The van der Waals surface area contributed by atoms with Crippen LogP contribution >= 0.6 is 12.4 Å². The van der Waals surface area contributed by atoms with E-state index in [1.165, 1.54) is 25.7 Å². The molecule has 11 heavy (non-hydrogen) atoms. The van der Waals surface area contributed by atoms with Crippen LogP contribution in [0.2, 0.25) is 0 Å². The molecule has 0 heterocycles. The van der Waals surface area contributed by atoms with Gasteiger partial charge < -0.3 is 10.6 Å². The molecule has 1 aliphatic carbocycles. The van der Waals surface area contributed by atoms with E-state index in [1.807, 2.05) is 0 Å². The standard InChI is InChI=1S/C8H18N2.ClH/c1-9-7-5-3-4-6-8(7)10-2;/h7-10H,3-6H2,1-2H3;1H/t7-,8-;/m1./s1. The number of hydrogen-bond acceptors (Lipinski definition) is 2. The maximum atomic E-state index is 3.34. The number of rotatable bonds is 2. The Morgan fingerprint density at radius 1 is 0.909 bits per heavy atom. The Morgan fingerprint density at radius 3 is 1.55 bits per heavy atom. The maximum Gasteiger partial charge on any atom is 0.0218 e. The van der Waals surface area contributed by atoms with E-state index in [0.29, 0.717) is 12.1 Å². The quantitative estimate of drug-likeness (QED) is 0.663. The molecular weight excluding hydrogens is 160 g/mol. The molecule has 1 aliphatic rings. The van der Waals surface area contributed by atoms with Crippen LogP contribution in [0.1, 0.15) is 25.7 Å². The van der Waals surface area contributed by atoms with Crippen molar-refractivity contribution in [2.45, 2.75) is 37.8 Å². The van der Waals surface area contributed by atoms with Gasteiger partial charge in [0.2, 0.25) is 0 Å². The number of halogens is 1. The normalized spacial score (nSPS) is 31.1. The number of nitrogens with one attached hydrogen (secondary N) is 2. The minimum absolute atomic E-state index is 0. The first-order valence-electron chi connectivity index (χ1n) is 4.23. The summed E-state index contributed by atoms with van der Waals surface area (Å²) < 4.78 is 0. The lowest BCUT2D eigenvalue weighted by Gasteiger charge is -2.30. The fraction of sp³-hybridized carbons (Fsp3) is 1.00. The summed E-state index contributed by atoms with van der Waals surface area (Å²) in [6, 6.07) is 1.41. The molecule has 0 amide bonds. The second-order valence-electron chi connectivity index (χ2n) is 3.07. The Hall–Kier alpha value is 0.210. The molecule has 2 N–H and O–H groups in total. The molecule has 1 fully saturated rings. The zero-order valence-electron chi connectivity index (χ0n) is 7.39. The van der Waals surface area contributed by atoms with Gasteiger partial charge in [-0.25, -0.2) is 0 Å². The molecule has 0 spiro atoms. The van der Waals surface area contributed by atoms with Gasteiger partial charge in [0.05, 0.1) is 0 Å². The van der Waals surface area contributed by atoms with Gasteiger partial charge in [-0.1, -0.05) is 12.8 Å². The molecule has 1 rings (SSSR count). The Kier molecular flexibility index (Phi) is 5.92. The van der Waals surface area contributed by atoms with Crippen molar-refractivity contribution >= 4 is 12.4 Å². The highest BCUT2D eigenvalue weighted by Gasteiger charge is 2.21. The first kappa shape index (κ1) is 11.2. The summed E-state index contributed by atoms with van der Waals surface area (Å²) in [4.78, 5) is 0. The predicted octanol–water partition coefficient (Wildman–Crippen LogP) is 1.16. The molecule has 0 radical (unpaired) electrons. The molecule has 0 aliphatic heterocycles. The molecule has 0 aromatic carbocycles. The number of likely N-dealkylation sites (N-methyl/N-ethyl adjacent to an activating group) is 2. The van der Waals surface area contributed by atoms with Crippen molar-refractivity contribution < 1.29 is 0 Å². The summed E-state index contributed by atoms with van der Waals surface area (Å²) in [5, 5.41) is 6.68. The first-order chi connectivity index (χ1) is 4.88. The van der Waals surface area contributed by atoms with Gasteiger partial charge in [0.15, 0.2) is 0 Å². The van der Waals surface area contributed by atoms with Gasteiger partial charge in [0.25, 0.3) is 0 Å². The van der Waals surface area contributed by atoms with Crippen molar-refractivity contribution in [2.24, 2.45) is 0 Å². The van der Waals surface area contributed by atoms with Crippen molar-refractivity contribution in [3.63, 3.8) is 0 Å². The Labute approximate surface area is 75.5 Å². The smallest absolute Gasteiger partial charge is 0.0218 e. The zero-order valence-corrected chi connectivity index (χ0v) is 8.21. The van der Waals surface area contributed by atoms with E-state index in [-0.39, 0.29) is 12.4 Å². The number of hydrogen-bond donors (Lipinski definition) is 2. The largest absolute Gasteiger partial charge is 0.315 e. The Morgan fingerprint density at radius 2 is 1.27 bits per heavy atom. The third-order valence-electron chi connectivity index (χ3n) is 2.51. The molecule has 0 aromatic rings. The van der Waals surface area contributed by atoms with E-state index >= 15 is 0 Å². The first-order valence-corrected chi connectivity index (χ1v) is 4.23. The molecule has 0 saturated heterocycles. The topological polar surface area (TPSA) is 24.1 Å². The van der Waals surface area contributed by atoms with Crippen LogP contribution in [0.15, 0.2) is 0 Å². The van der Waals surface area contributed by atoms with Crippen LogP contribution in [0, 0.1) is 0 Å². The summed E-state index contributed by atoms with van der Waals surface area (Å²) in [5.74, 6) is 0. The van der Waals surface area contributed by atoms with Crippen molar-refractivity contribution in [3.8, 4) is 0 Å². The van der Waals surface area contributed by atoms with Crippen LogP contribution in [0.25, 0.3) is 0 Å². The van der Waals surface area contributed by atoms with Crippen LogP contribution in [0.5, 0.6) is 0 Å². The van der Waals surface area contributed by atoms with Crippen LogP contribution in [-0.4, -0.2) is 26.2 Å². The van der Waals surface area contributed by atoms with E-state index in [4.69, 9.17) is 0 Å². The second-order valence-corrected chi connectivity index (χ2v) is 3.07. The molecule has 0 unspecified atom stereocenters. The van der Waals surface area contributed by atoms with Crippen molar-refractivity contribution in [1.82, 2.24) is 10.6 Å². The van der Waals surface area contributed by atoms with E-state index < -0.39 is 0 Å². The van der Waals surface area contributed by atoms with Crippen molar-refractivity contribution in [2.75, 3.05) is 14.1 Å². The van der Waals surface area contributed by atoms with E-state index in [9.17, 15) is 0 Å². The molecule has 2 atom stereocenters. The minimum atomic E-state index is 0. The molecular formula is C8H19ClN2. The second kappa shape index (κ2) is 5.81. The van der Waals surface area contributed by atoms with Gasteiger partial charge >= 0.3 is 0 Å². The van der Waals surface area contributed by atoms with E-state index in [1.54, 1.807) is 0 Å². The predicted molar refractivity (Wildman–Crippen MR) is 51.4 cm³/mol. The lowest BCUT2D eigenvalue weighted by atomic mass is 9.91. The average Bonchev–Trinajstić information content (AvgIpc) is 2.04.